The summed E-state index contributed by atoms with van der Waals surface area (Å²) in [6.07, 6.45) is 26.0. The average molecular weight is 693 g/mol. The third-order valence-electron chi connectivity index (χ3n) is 9.09. The average Bonchev–Trinajstić information content (AvgIpc) is 3.10. The number of nitrogens with zero attached hydrogens (tertiary/aromatic N) is 2. The van der Waals surface area contributed by atoms with Crippen molar-refractivity contribution >= 4 is 23.6 Å². The Morgan fingerprint density at radius 3 is 0.980 bits per heavy atom. The molecule has 4 amide bonds. The fourth-order valence-corrected chi connectivity index (χ4v) is 6.03. The van der Waals surface area contributed by atoms with Crippen LogP contribution in [0.25, 0.3) is 0 Å². The molecule has 0 aliphatic rings. The van der Waals surface area contributed by atoms with Crippen molar-refractivity contribution in [3.63, 3.8) is 0 Å². The molecule has 0 radical (unpaired) electrons. The Morgan fingerprint density at radius 1 is 0.460 bits per heavy atom. The van der Waals surface area contributed by atoms with E-state index < -0.39 is 23.9 Å². The Hall–Kier alpha value is -3.50. The summed E-state index contributed by atoms with van der Waals surface area (Å²) in [7, 11) is 0. The van der Waals surface area contributed by atoms with Crippen molar-refractivity contribution in [3.05, 3.63) is 60.2 Å². The second kappa shape index (κ2) is 26.3. The molecule has 0 aliphatic carbocycles. The van der Waals surface area contributed by atoms with Gasteiger partial charge in [0.05, 0.1) is 12.1 Å². The van der Waals surface area contributed by atoms with E-state index in [-0.39, 0.29) is 23.7 Å². The lowest BCUT2D eigenvalue weighted by Gasteiger charge is -2.21. The molecule has 2 heterocycles. The van der Waals surface area contributed by atoms with Crippen LogP contribution in [0.2, 0.25) is 0 Å². The molecule has 0 saturated carbocycles. The number of carbonyl (C=O) groups is 4. The zero-order chi connectivity index (χ0) is 36.4. The molecule has 10 heteroatoms. The smallest absolute Gasteiger partial charge is 0.257 e. The number of pyridine rings is 2. The van der Waals surface area contributed by atoms with Crippen LogP contribution in [0.4, 0.5) is 0 Å². The monoisotopic (exact) mass is 692 g/mol. The van der Waals surface area contributed by atoms with Gasteiger partial charge in [0.1, 0.15) is 0 Å². The molecule has 10 nitrogen and oxygen atoms in total. The number of rotatable bonds is 27. The summed E-state index contributed by atoms with van der Waals surface area (Å²) in [5, 5.41) is 11.7. The van der Waals surface area contributed by atoms with E-state index >= 15 is 0 Å². The summed E-state index contributed by atoms with van der Waals surface area (Å²) in [5.74, 6) is -1.16. The van der Waals surface area contributed by atoms with E-state index in [1.54, 1.807) is 49.1 Å². The number of amides is 4. The van der Waals surface area contributed by atoms with Crippen LogP contribution in [0.1, 0.15) is 151 Å². The highest BCUT2D eigenvalue weighted by molar-refractivity contribution is 6.06. The van der Waals surface area contributed by atoms with Gasteiger partial charge >= 0.3 is 0 Å². The van der Waals surface area contributed by atoms with E-state index in [4.69, 9.17) is 0 Å². The molecular formula is C40H64N6O4. The quantitative estimate of drug-likeness (QED) is 0.0723. The van der Waals surface area contributed by atoms with Crippen LogP contribution in [0.5, 0.6) is 0 Å². The van der Waals surface area contributed by atoms with Crippen molar-refractivity contribution < 1.29 is 19.2 Å². The third kappa shape index (κ3) is 18.5. The molecule has 278 valence electrons. The molecule has 0 bridgehead atoms. The molecule has 2 aromatic rings. The van der Waals surface area contributed by atoms with Crippen molar-refractivity contribution in [2.24, 2.45) is 11.8 Å². The fourth-order valence-electron chi connectivity index (χ4n) is 6.03. The molecule has 0 spiro atoms. The van der Waals surface area contributed by atoms with Crippen molar-refractivity contribution in [1.29, 1.82) is 0 Å². The van der Waals surface area contributed by atoms with Crippen LogP contribution in [0, 0.1) is 11.8 Å². The minimum absolute atomic E-state index is 0.0882. The molecule has 0 aliphatic heterocycles. The van der Waals surface area contributed by atoms with Crippen LogP contribution in [-0.2, 0) is 9.59 Å². The topological polar surface area (TPSA) is 142 Å². The standard InChI is InChI=1S/C40H64N6O4/c1-31(2)35(39(49)45-37(47)33-21-27-41-28-22-33)43-25-19-17-15-13-11-9-7-5-6-8-10-12-14-16-18-20-26-44-36(32(3)4)40(50)46-38(48)34-23-29-42-30-24-34/h21-24,27-32,35-36,43-44H,5-20,25-26H2,1-4H3,(H,45,47,49)(H,46,48,50). The maximum atomic E-state index is 12.7. The van der Waals surface area contributed by atoms with Crippen molar-refractivity contribution in [3.8, 4) is 0 Å². The Kier molecular flexibility index (Phi) is 22.5. The lowest BCUT2D eigenvalue weighted by atomic mass is 10.0. The highest BCUT2D eigenvalue weighted by Crippen LogP contribution is 2.14. The summed E-state index contributed by atoms with van der Waals surface area (Å²) in [4.78, 5) is 57.8. The maximum absolute atomic E-state index is 12.7. The third-order valence-corrected chi connectivity index (χ3v) is 9.09. The normalized spacial score (nSPS) is 12.5. The van der Waals surface area contributed by atoms with Crippen LogP contribution in [0.15, 0.2) is 49.1 Å². The van der Waals surface area contributed by atoms with Gasteiger partial charge in [0.25, 0.3) is 11.8 Å². The molecule has 2 rings (SSSR count). The molecule has 2 unspecified atom stereocenters. The maximum Gasteiger partial charge on any atom is 0.257 e. The van der Waals surface area contributed by atoms with Crippen LogP contribution < -0.4 is 21.3 Å². The summed E-state index contributed by atoms with van der Waals surface area (Å²) in [5.41, 5.74) is 0.862. The summed E-state index contributed by atoms with van der Waals surface area (Å²) >= 11 is 0. The summed E-state index contributed by atoms with van der Waals surface area (Å²) < 4.78 is 0. The molecule has 50 heavy (non-hydrogen) atoms. The first-order valence-corrected chi connectivity index (χ1v) is 19.2. The number of hydrogen-bond acceptors (Lipinski definition) is 8. The minimum atomic E-state index is -0.391. The number of carbonyl (C=O) groups excluding carboxylic acids is 4. The number of aromatic nitrogens is 2. The van der Waals surface area contributed by atoms with Gasteiger partial charge in [0.15, 0.2) is 0 Å². The fraction of sp³-hybridized carbons (Fsp3) is 0.650. The minimum Gasteiger partial charge on any atom is -0.306 e. The zero-order valence-electron chi connectivity index (χ0n) is 31.2. The Morgan fingerprint density at radius 2 is 0.720 bits per heavy atom. The van der Waals surface area contributed by atoms with Gasteiger partial charge in [-0.25, -0.2) is 0 Å². The van der Waals surface area contributed by atoms with E-state index in [0.29, 0.717) is 11.1 Å². The van der Waals surface area contributed by atoms with Gasteiger partial charge in [-0.3, -0.25) is 39.8 Å². The van der Waals surface area contributed by atoms with Gasteiger partial charge in [-0.05, 0) is 62.0 Å². The second-order valence-corrected chi connectivity index (χ2v) is 14.1. The second-order valence-electron chi connectivity index (χ2n) is 14.1. The van der Waals surface area contributed by atoms with Crippen LogP contribution in [-0.4, -0.2) is 58.8 Å². The number of hydrogen-bond donors (Lipinski definition) is 4. The van der Waals surface area contributed by atoms with Gasteiger partial charge in [0.2, 0.25) is 11.8 Å². The van der Waals surface area contributed by atoms with Gasteiger partial charge in [0, 0.05) is 35.9 Å². The number of imide groups is 2. The van der Waals surface area contributed by atoms with Crippen molar-refractivity contribution in [2.45, 2.75) is 143 Å². The summed E-state index contributed by atoms with van der Waals surface area (Å²) in [6, 6.07) is 5.61. The van der Waals surface area contributed by atoms with Crippen molar-refractivity contribution in [2.75, 3.05) is 13.1 Å². The first-order valence-electron chi connectivity index (χ1n) is 19.2. The SMILES string of the molecule is CC(C)C(NCCCCCCCCCCCCCCCCCCNC(C(=O)NC(=O)c1ccncc1)C(C)C)C(=O)NC(=O)c1ccncc1. The van der Waals surface area contributed by atoms with Crippen LogP contribution in [0.3, 0.4) is 0 Å². The first-order chi connectivity index (χ1) is 24.2. The lowest BCUT2D eigenvalue weighted by Crippen LogP contribution is -2.49. The van der Waals surface area contributed by atoms with Gasteiger partial charge in [-0.1, -0.05) is 118 Å². The number of nitrogens with one attached hydrogen (secondary N) is 4. The van der Waals surface area contributed by atoms with E-state index in [9.17, 15) is 19.2 Å². The molecule has 0 aromatic carbocycles. The highest BCUT2D eigenvalue weighted by atomic mass is 16.2. The lowest BCUT2D eigenvalue weighted by molar-refractivity contribution is -0.124. The molecule has 0 saturated heterocycles. The summed E-state index contributed by atoms with van der Waals surface area (Å²) in [6.45, 7) is 9.50. The highest BCUT2D eigenvalue weighted by Gasteiger charge is 2.24. The Bertz CT molecular complexity index is 1130. The molecule has 2 atom stereocenters. The van der Waals surface area contributed by atoms with Gasteiger partial charge in [-0.2, -0.15) is 0 Å². The predicted molar refractivity (Wildman–Crippen MR) is 201 cm³/mol. The molecule has 2 aromatic heterocycles. The predicted octanol–water partition coefficient (Wildman–Crippen LogP) is 7.16. The zero-order valence-corrected chi connectivity index (χ0v) is 31.2. The molecule has 4 N–H and O–H groups in total. The first kappa shape index (κ1) is 42.7. The largest absolute Gasteiger partial charge is 0.306 e. The van der Waals surface area contributed by atoms with Crippen molar-refractivity contribution in [1.82, 2.24) is 31.2 Å². The Balaban J connectivity index is 1.37. The van der Waals surface area contributed by atoms with E-state index in [0.717, 1.165) is 38.8 Å². The van der Waals surface area contributed by atoms with Crippen LogP contribution >= 0.6 is 0 Å². The van der Waals surface area contributed by atoms with Gasteiger partial charge < -0.3 is 10.6 Å². The molecular weight excluding hydrogens is 628 g/mol. The van der Waals surface area contributed by atoms with E-state index in [1.165, 1.54) is 77.0 Å². The number of unbranched alkanes of at least 4 members (excludes halogenated alkanes) is 15. The van der Waals surface area contributed by atoms with E-state index in [1.807, 2.05) is 27.7 Å². The Labute approximate surface area is 301 Å². The molecule has 0 fully saturated rings. The van der Waals surface area contributed by atoms with E-state index in [2.05, 4.69) is 31.2 Å². The van der Waals surface area contributed by atoms with Gasteiger partial charge in [-0.15, -0.1) is 0 Å².